The van der Waals surface area contributed by atoms with Gasteiger partial charge in [0.1, 0.15) is 5.82 Å². The summed E-state index contributed by atoms with van der Waals surface area (Å²) in [6.07, 6.45) is 0. The Morgan fingerprint density at radius 2 is 2.00 bits per heavy atom. The predicted molar refractivity (Wildman–Crippen MR) is 70.8 cm³/mol. The molecule has 0 heterocycles. The van der Waals surface area contributed by atoms with Crippen molar-refractivity contribution >= 4 is 11.6 Å². The van der Waals surface area contributed by atoms with Gasteiger partial charge in [-0.3, -0.25) is 0 Å². The molecule has 0 amide bonds. The Labute approximate surface area is 108 Å². The van der Waals surface area contributed by atoms with E-state index in [0.717, 1.165) is 5.56 Å². The molecule has 4 heteroatoms. The van der Waals surface area contributed by atoms with Gasteiger partial charge in [-0.25, -0.2) is 4.39 Å². The van der Waals surface area contributed by atoms with Crippen LogP contribution in [0, 0.1) is 18.7 Å². The highest BCUT2D eigenvalue weighted by Crippen LogP contribution is 2.33. The van der Waals surface area contributed by atoms with E-state index < -0.39 is 0 Å². The highest BCUT2D eigenvalue weighted by molar-refractivity contribution is 6.31. The van der Waals surface area contributed by atoms with Crippen molar-refractivity contribution in [2.24, 2.45) is 11.7 Å². The average molecular weight is 259 g/mol. The van der Waals surface area contributed by atoms with Crippen LogP contribution in [0.3, 0.4) is 0 Å². The third-order valence-electron chi connectivity index (χ3n) is 3.06. The number of benzene rings is 1. The summed E-state index contributed by atoms with van der Waals surface area (Å²) in [7, 11) is 3.90. The summed E-state index contributed by atoms with van der Waals surface area (Å²) in [5, 5.41) is 0.600. The van der Waals surface area contributed by atoms with Crippen molar-refractivity contribution in [3.8, 4) is 0 Å². The van der Waals surface area contributed by atoms with Gasteiger partial charge in [0.2, 0.25) is 0 Å². The van der Waals surface area contributed by atoms with Gasteiger partial charge in [0.05, 0.1) is 0 Å². The topological polar surface area (TPSA) is 29.3 Å². The molecule has 2 unspecified atom stereocenters. The first-order valence-electron chi connectivity index (χ1n) is 5.70. The van der Waals surface area contributed by atoms with E-state index in [1.807, 2.05) is 25.9 Å². The predicted octanol–water partition coefficient (Wildman–Crippen LogP) is 2.99. The van der Waals surface area contributed by atoms with Crippen LogP contribution in [0.1, 0.15) is 24.1 Å². The molecule has 1 rings (SSSR count). The first kappa shape index (κ1) is 14.4. The minimum absolute atomic E-state index is 0.0302. The maximum absolute atomic E-state index is 13.6. The van der Waals surface area contributed by atoms with E-state index in [0.29, 0.717) is 17.1 Å². The summed E-state index contributed by atoms with van der Waals surface area (Å²) < 4.78 is 13.6. The molecule has 1 aromatic carbocycles. The molecule has 2 atom stereocenters. The lowest BCUT2D eigenvalue weighted by atomic mass is 9.92. The molecule has 2 N–H and O–H groups in total. The van der Waals surface area contributed by atoms with Crippen LogP contribution in [0.4, 0.5) is 4.39 Å². The molecular formula is C13H20ClFN2. The summed E-state index contributed by atoms with van der Waals surface area (Å²) in [5.41, 5.74) is 7.07. The van der Waals surface area contributed by atoms with Crippen LogP contribution < -0.4 is 5.73 Å². The molecule has 1 aromatic rings. The monoisotopic (exact) mass is 258 g/mol. The smallest absolute Gasteiger partial charge is 0.126 e. The van der Waals surface area contributed by atoms with Gasteiger partial charge < -0.3 is 10.6 Å². The van der Waals surface area contributed by atoms with E-state index in [-0.39, 0.29) is 17.8 Å². The third-order valence-corrected chi connectivity index (χ3v) is 3.39. The lowest BCUT2D eigenvalue weighted by molar-refractivity contribution is 0.227. The molecule has 0 spiro atoms. The van der Waals surface area contributed by atoms with Crippen molar-refractivity contribution in [3.05, 3.63) is 34.1 Å². The largest absolute Gasteiger partial charge is 0.330 e. The van der Waals surface area contributed by atoms with Crippen molar-refractivity contribution in [2.75, 3.05) is 20.6 Å². The maximum atomic E-state index is 13.6. The van der Waals surface area contributed by atoms with E-state index >= 15 is 0 Å². The second kappa shape index (κ2) is 5.80. The third kappa shape index (κ3) is 3.18. The normalized spacial score (nSPS) is 15.1. The van der Waals surface area contributed by atoms with Gasteiger partial charge in [-0.1, -0.05) is 18.5 Å². The molecular weight excluding hydrogens is 239 g/mol. The van der Waals surface area contributed by atoms with Crippen molar-refractivity contribution in [1.29, 1.82) is 0 Å². The highest BCUT2D eigenvalue weighted by Gasteiger charge is 2.23. The number of halogens is 2. The number of hydrogen-bond donors (Lipinski definition) is 1. The molecule has 0 aliphatic rings. The Bertz CT molecular complexity index is 393. The fourth-order valence-corrected chi connectivity index (χ4v) is 2.44. The highest BCUT2D eigenvalue weighted by atomic mass is 35.5. The number of nitrogens with zero attached hydrogens (tertiary/aromatic N) is 1. The fourth-order valence-electron chi connectivity index (χ4n) is 2.11. The molecule has 0 fully saturated rings. The molecule has 96 valence electrons. The lowest BCUT2D eigenvalue weighted by Gasteiger charge is -2.30. The van der Waals surface area contributed by atoms with Gasteiger partial charge in [0.15, 0.2) is 0 Å². The number of nitrogens with two attached hydrogens (primary N) is 1. The summed E-state index contributed by atoms with van der Waals surface area (Å²) in [6, 6.07) is 3.23. The zero-order valence-electron chi connectivity index (χ0n) is 10.8. The summed E-state index contributed by atoms with van der Waals surface area (Å²) in [6.45, 7) is 4.29. The molecule has 0 bridgehead atoms. The van der Waals surface area contributed by atoms with E-state index in [4.69, 9.17) is 17.3 Å². The molecule has 0 radical (unpaired) electrons. The Balaban J connectivity index is 3.23. The van der Waals surface area contributed by atoms with Crippen LogP contribution in [0.2, 0.25) is 5.02 Å². The maximum Gasteiger partial charge on any atom is 0.126 e. The molecule has 0 aliphatic heterocycles. The zero-order chi connectivity index (χ0) is 13.2. The van der Waals surface area contributed by atoms with Crippen LogP contribution in [-0.2, 0) is 0 Å². The number of hydrogen-bond acceptors (Lipinski definition) is 2. The van der Waals surface area contributed by atoms with Crippen molar-refractivity contribution < 1.29 is 4.39 Å². The van der Waals surface area contributed by atoms with Crippen molar-refractivity contribution in [3.63, 3.8) is 0 Å². The zero-order valence-corrected chi connectivity index (χ0v) is 11.6. The lowest BCUT2D eigenvalue weighted by Crippen LogP contribution is -2.30. The van der Waals surface area contributed by atoms with Crippen LogP contribution in [0.25, 0.3) is 0 Å². The summed E-state index contributed by atoms with van der Waals surface area (Å²) in [5.74, 6) is -0.00919. The van der Waals surface area contributed by atoms with E-state index in [1.54, 1.807) is 13.0 Å². The van der Waals surface area contributed by atoms with Crippen molar-refractivity contribution in [1.82, 2.24) is 4.90 Å². The minimum atomic E-state index is -0.222. The molecule has 17 heavy (non-hydrogen) atoms. The quantitative estimate of drug-likeness (QED) is 0.900. The van der Waals surface area contributed by atoms with Gasteiger partial charge in [-0.05, 0) is 56.7 Å². The second-order valence-corrected chi connectivity index (χ2v) is 5.15. The Kier molecular flexibility index (Phi) is 4.92. The minimum Gasteiger partial charge on any atom is -0.330 e. The fraction of sp³-hybridized carbons (Fsp3) is 0.538. The average Bonchev–Trinajstić information content (AvgIpc) is 2.25. The van der Waals surface area contributed by atoms with Crippen LogP contribution >= 0.6 is 11.6 Å². The molecule has 2 nitrogen and oxygen atoms in total. The number of rotatable bonds is 4. The summed E-state index contributed by atoms with van der Waals surface area (Å²) >= 11 is 6.21. The Morgan fingerprint density at radius 3 is 2.47 bits per heavy atom. The Hall–Kier alpha value is -0.640. The number of aryl methyl sites for hydroxylation is 1. The molecule has 0 saturated heterocycles. The second-order valence-electron chi connectivity index (χ2n) is 4.74. The van der Waals surface area contributed by atoms with Gasteiger partial charge in [0.25, 0.3) is 0 Å². The molecule has 0 saturated carbocycles. The van der Waals surface area contributed by atoms with Crippen LogP contribution in [0.15, 0.2) is 12.1 Å². The SMILES string of the molecule is Cc1cc(Cl)c(C(C(C)CN)N(C)C)cc1F. The first-order chi connectivity index (χ1) is 7.88. The summed E-state index contributed by atoms with van der Waals surface area (Å²) in [4.78, 5) is 2.02. The Morgan fingerprint density at radius 1 is 1.41 bits per heavy atom. The first-order valence-corrected chi connectivity index (χ1v) is 6.08. The van der Waals surface area contributed by atoms with Crippen LogP contribution in [-0.4, -0.2) is 25.5 Å². The van der Waals surface area contributed by atoms with E-state index in [2.05, 4.69) is 0 Å². The van der Waals surface area contributed by atoms with Crippen LogP contribution in [0.5, 0.6) is 0 Å². The van der Waals surface area contributed by atoms with E-state index in [9.17, 15) is 4.39 Å². The molecule has 0 aliphatic carbocycles. The van der Waals surface area contributed by atoms with Crippen molar-refractivity contribution in [2.45, 2.75) is 19.9 Å². The van der Waals surface area contributed by atoms with Gasteiger partial charge in [0, 0.05) is 11.1 Å². The van der Waals surface area contributed by atoms with Gasteiger partial charge >= 0.3 is 0 Å². The van der Waals surface area contributed by atoms with E-state index in [1.165, 1.54) is 6.07 Å². The van der Waals surface area contributed by atoms with Gasteiger partial charge in [-0.15, -0.1) is 0 Å². The van der Waals surface area contributed by atoms with Gasteiger partial charge in [-0.2, -0.15) is 0 Å². The standard InChI is InChI=1S/C13H20ClFN2/c1-8-5-11(14)10(6-12(8)15)13(17(3)4)9(2)7-16/h5-6,9,13H,7,16H2,1-4H3. The molecule has 0 aromatic heterocycles.